The van der Waals surface area contributed by atoms with E-state index in [1.54, 1.807) is 6.07 Å². The highest BCUT2D eigenvalue weighted by Crippen LogP contribution is 2.65. The van der Waals surface area contributed by atoms with Crippen LogP contribution < -0.4 is 4.74 Å². The maximum absolute atomic E-state index is 14.5. The van der Waals surface area contributed by atoms with E-state index in [4.69, 9.17) is 4.74 Å². The molecule has 5 heteroatoms. The third-order valence-electron chi connectivity index (χ3n) is 10.7. The van der Waals surface area contributed by atoms with E-state index in [0.29, 0.717) is 30.1 Å². The second-order valence-electron chi connectivity index (χ2n) is 12.7. The zero-order valence-corrected chi connectivity index (χ0v) is 22.3. The molecule has 5 nitrogen and oxygen atoms in total. The molecule has 2 N–H and O–H groups in total. The number of hydrogen-bond donors (Lipinski definition) is 2. The number of likely N-dealkylation sites (tertiary alicyclic amines) is 1. The zero-order valence-electron chi connectivity index (χ0n) is 22.3. The van der Waals surface area contributed by atoms with Crippen LogP contribution in [-0.4, -0.2) is 51.7 Å². The molecule has 1 saturated heterocycles. The number of fused-ring (bicyclic) bond motifs is 2. The summed E-state index contributed by atoms with van der Waals surface area (Å²) in [5.41, 5.74) is 1.59. The first-order valence-corrected chi connectivity index (χ1v) is 14.6. The van der Waals surface area contributed by atoms with Gasteiger partial charge in [0.1, 0.15) is 0 Å². The molecule has 3 aliphatic carbocycles. The molecule has 1 spiro atoms. The lowest BCUT2D eigenvalue weighted by atomic mass is 9.48. The van der Waals surface area contributed by atoms with Crippen LogP contribution in [0.3, 0.4) is 0 Å². The third-order valence-corrected chi connectivity index (χ3v) is 10.7. The van der Waals surface area contributed by atoms with E-state index in [9.17, 15) is 15.0 Å². The maximum Gasteiger partial charge on any atom is 0.200 e. The number of rotatable bonds is 3. The molecular weight excluding hydrogens is 498 g/mol. The summed E-state index contributed by atoms with van der Waals surface area (Å²) in [6, 6.07) is 22.3. The molecule has 4 aromatic rings. The summed E-state index contributed by atoms with van der Waals surface area (Å²) >= 11 is 0. The molecule has 3 unspecified atom stereocenters. The number of phenolic OH excluding ortho intramolecular Hbond substituents is 1. The Kier molecular flexibility index (Phi) is 4.47. The molecular formula is C35H31NO4. The Morgan fingerprint density at radius 2 is 1.73 bits per heavy atom. The van der Waals surface area contributed by atoms with Crippen LogP contribution in [0.15, 0.2) is 72.3 Å². The molecule has 0 amide bonds. The van der Waals surface area contributed by atoms with Crippen LogP contribution in [-0.2, 0) is 16.6 Å². The summed E-state index contributed by atoms with van der Waals surface area (Å²) in [6.07, 6.45) is 5.32. The van der Waals surface area contributed by atoms with Gasteiger partial charge in [0.2, 0.25) is 0 Å². The van der Waals surface area contributed by atoms with Crippen molar-refractivity contribution in [1.82, 2.24) is 4.90 Å². The number of carbonyl (C=O) groups excluding carboxylic acids is 1. The minimum Gasteiger partial charge on any atom is -0.504 e. The van der Waals surface area contributed by atoms with Crippen molar-refractivity contribution in [1.29, 1.82) is 0 Å². The number of hydrogen-bond acceptors (Lipinski definition) is 5. The number of nitrogens with zero attached hydrogens (tertiary/aromatic N) is 1. The molecule has 2 heterocycles. The first-order valence-electron chi connectivity index (χ1n) is 14.6. The number of piperidine rings is 1. The predicted molar refractivity (Wildman–Crippen MR) is 155 cm³/mol. The summed E-state index contributed by atoms with van der Waals surface area (Å²) in [5.74, 6) is 1.09. The summed E-state index contributed by atoms with van der Waals surface area (Å²) in [6.45, 7) is 1.83. The molecule has 200 valence electrons. The van der Waals surface area contributed by atoms with Crippen molar-refractivity contribution in [3.8, 4) is 11.5 Å². The number of phenols is 1. The number of aliphatic hydroxyl groups is 1. The Labute approximate surface area is 232 Å². The summed E-state index contributed by atoms with van der Waals surface area (Å²) in [7, 11) is 0. The number of ketones is 1. The Hall–Kier alpha value is -3.67. The first-order chi connectivity index (χ1) is 19.5. The van der Waals surface area contributed by atoms with E-state index in [2.05, 4.69) is 35.2 Å². The molecule has 5 aliphatic rings. The van der Waals surface area contributed by atoms with Crippen molar-refractivity contribution >= 4 is 33.4 Å². The lowest BCUT2D eigenvalue weighted by Crippen LogP contribution is -2.77. The van der Waals surface area contributed by atoms with Gasteiger partial charge in [-0.2, -0.15) is 0 Å². The topological polar surface area (TPSA) is 70.0 Å². The van der Waals surface area contributed by atoms with Crippen molar-refractivity contribution in [2.24, 2.45) is 5.92 Å². The SMILES string of the molecule is O=C1/C(=C/c2c3ccccc3cc3ccccc23)C[C@@]2(O)C3Cc4ccc(O)c5c4C2(CCN3CC2CC2)C1O5. The average Bonchev–Trinajstić information content (AvgIpc) is 3.70. The van der Waals surface area contributed by atoms with Crippen molar-refractivity contribution in [2.45, 2.75) is 55.3 Å². The molecule has 0 radical (unpaired) electrons. The van der Waals surface area contributed by atoms with Gasteiger partial charge in [-0.15, -0.1) is 0 Å². The Morgan fingerprint density at radius 3 is 2.45 bits per heavy atom. The summed E-state index contributed by atoms with van der Waals surface area (Å²) < 4.78 is 6.44. The maximum atomic E-state index is 14.5. The number of Topliss-reactive ketones (excluding diaryl/α,β-unsaturated/α-hetero) is 1. The van der Waals surface area contributed by atoms with Crippen LogP contribution in [0.5, 0.6) is 11.5 Å². The molecule has 2 bridgehead atoms. The van der Waals surface area contributed by atoms with E-state index >= 15 is 0 Å². The molecule has 9 rings (SSSR count). The number of aromatic hydroxyl groups is 1. The van der Waals surface area contributed by atoms with Crippen LogP contribution in [0, 0.1) is 5.92 Å². The van der Waals surface area contributed by atoms with Crippen LogP contribution in [0.25, 0.3) is 27.6 Å². The smallest absolute Gasteiger partial charge is 0.200 e. The van der Waals surface area contributed by atoms with Gasteiger partial charge >= 0.3 is 0 Å². The van der Waals surface area contributed by atoms with Crippen LogP contribution in [0.4, 0.5) is 0 Å². The molecule has 2 saturated carbocycles. The Morgan fingerprint density at radius 1 is 1.00 bits per heavy atom. The lowest BCUT2D eigenvalue weighted by Gasteiger charge is -2.62. The average molecular weight is 530 g/mol. The van der Waals surface area contributed by atoms with Gasteiger partial charge in [0, 0.05) is 30.1 Å². The van der Waals surface area contributed by atoms with E-state index in [0.717, 1.165) is 51.3 Å². The fourth-order valence-corrected chi connectivity index (χ4v) is 8.69. The Balaban J connectivity index is 1.27. The van der Waals surface area contributed by atoms with Crippen LogP contribution >= 0.6 is 0 Å². The minimum absolute atomic E-state index is 0.0575. The molecule has 4 aromatic carbocycles. The lowest BCUT2D eigenvalue weighted by molar-refractivity contribution is -0.179. The largest absolute Gasteiger partial charge is 0.504 e. The fraction of sp³-hybridized carbons (Fsp3) is 0.343. The van der Waals surface area contributed by atoms with Crippen molar-refractivity contribution in [2.75, 3.05) is 13.1 Å². The number of benzene rings is 4. The molecule has 2 aliphatic heterocycles. The van der Waals surface area contributed by atoms with E-state index in [-0.39, 0.29) is 24.0 Å². The molecule has 0 aromatic heterocycles. The van der Waals surface area contributed by atoms with Gasteiger partial charge in [-0.05, 0) is 89.0 Å². The van der Waals surface area contributed by atoms with Gasteiger partial charge in [0.15, 0.2) is 23.4 Å². The van der Waals surface area contributed by atoms with Gasteiger partial charge in [-0.3, -0.25) is 9.69 Å². The number of ether oxygens (including phenoxy) is 1. The highest BCUT2D eigenvalue weighted by Gasteiger charge is 2.74. The Bertz CT molecular complexity index is 1750. The normalized spacial score (nSPS) is 31.5. The number of carbonyl (C=O) groups is 1. The quantitative estimate of drug-likeness (QED) is 0.270. The van der Waals surface area contributed by atoms with Crippen molar-refractivity contribution < 1.29 is 19.7 Å². The standard InChI is InChI=1S/C35H31NO4/c37-28-12-11-23-17-29-35(39)18-24(16-27-25-7-3-1-5-21(25)15-22-6-2-4-8-26(22)27)31(38)33-34(35,30(23)32(28)40-33)13-14-36(29)19-20-9-10-20/h1-8,11-12,15-16,20,29,33,37,39H,9-10,13-14,17-19H2/b24-16+/t29?,33?,34?,35-/m1/s1. The van der Waals surface area contributed by atoms with Gasteiger partial charge < -0.3 is 14.9 Å². The highest BCUT2D eigenvalue weighted by atomic mass is 16.5. The van der Waals surface area contributed by atoms with E-state index in [1.165, 1.54) is 12.8 Å². The molecule has 40 heavy (non-hydrogen) atoms. The summed E-state index contributed by atoms with van der Waals surface area (Å²) in [5, 5.41) is 28.3. The second kappa shape index (κ2) is 7.74. The highest BCUT2D eigenvalue weighted by molar-refractivity contribution is 6.12. The van der Waals surface area contributed by atoms with Gasteiger partial charge in [-0.25, -0.2) is 0 Å². The minimum atomic E-state index is -1.17. The third kappa shape index (κ3) is 2.82. The van der Waals surface area contributed by atoms with Crippen molar-refractivity contribution in [3.05, 3.63) is 89.0 Å². The second-order valence-corrected chi connectivity index (χ2v) is 12.7. The van der Waals surface area contributed by atoms with Gasteiger partial charge in [0.25, 0.3) is 0 Å². The fourth-order valence-electron chi connectivity index (χ4n) is 8.69. The molecule has 4 atom stereocenters. The first kappa shape index (κ1) is 23.1. The van der Waals surface area contributed by atoms with Crippen LogP contribution in [0.2, 0.25) is 0 Å². The molecule has 3 fully saturated rings. The van der Waals surface area contributed by atoms with E-state index in [1.807, 2.05) is 36.4 Å². The monoisotopic (exact) mass is 529 g/mol. The zero-order chi connectivity index (χ0) is 26.8. The van der Waals surface area contributed by atoms with Gasteiger partial charge in [-0.1, -0.05) is 54.6 Å². The van der Waals surface area contributed by atoms with Gasteiger partial charge in [0.05, 0.1) is 11.0 Å². The van der Waals surface area contributed by atoms with Crippen LogP contribution in [0.1, 0.15) is 42.4 Å². The van der Waals surface area contributed by atoms with Crippen molar-refractivity contribution in [3.63, 3.8) is 0 Å². The predicted octanol–water partition coefficient (Wildman–Crippen LogP) is 5.53. The summed E-state index contributed by atoms with van der Waals surface area (Å²) in [4.78, 5) is 16.9. The van der Waals surface area contributed by atoms with E-state index < -0.39 is 17.1 Å².